The lowest BCUT2D eigenvalue weighted by Crippen LogP contribution is -2.58. The number of anilines is 1. The first-order valence-corrected chi connectivity index (χ1v) is 15.5. The molecular weight excluding hydrogens is 502 g/mol. The molecule has 4 heterocycles. The highest BCUT2D eigenvalue weighted by Gasteiger charge is 2.45. The van der Waals surface area contributed by atoms with Crippen molar-refractivity contribution >= 4 is 28.7 Å². The minimum atomic E-state index is -0.422. The largest absolute Gasteiger partial charge is 0.331 e. The van der Waals surface area contributed by atoms with Crippen LogP contribution in [0.15, 0.2) is 41.3 Å². The van der Waals surface area contributed by atoms with Gasteiger partial charge in [-0.15, -0.1) is 0 Å². The Bertz CT molecular complexity index is 1370. The van der Waals surface area contributed by atoms with E-state index < -0.39 is 6.03 Å². The molecule has 4 fully saturated rings. The Balaban J connectivity index is 1.22. The first kappa shape index (κ1) is 25.9. The van der Waals surface area contributed by atoms with E-state index in [9.17, 15) is 14.4 Å². The van der Waals surface area contributed by atoms with Crippen molar-refractivity contribution in [3.05, 3.63) is 46.9 Å². The summed E-state index contributed by atoms with van der Waals surface area (Å²) in [6.45, 7) is 1.51. The fourth-order valence-corrected chi connectivity index (χ4v) is 8.93. The lowest BCUT2D eigenvalue weighted by Gasteiger charge is -2.55. The second-order valence-electron chi connectivity index (χ2n) is 13.1. The Morgan fingerprint density at radius 3 is 2.30 bits per heavy atom. The molecule has 5 aliphatic rings. The summed E-state index contributed by atoms with van der Waals surface area (Å²) in [6.07, 6.45) is 17.6. The second kappa shape index (κ2) is 10.4. The summed E-state index contributed by atoms with van der Waals surface area (Å²) >= 11 is 0. The van der Waals surface area contributed by atoms with Gasteiger partial charge in [0.25, 0.3) is 5.56 Å². The first-order valence-electron chi connectivity index (χ1n) is 15.5. The summed E-state index contributed by atoms with van der Waals surface area (Å²) in [5, 5.41) is 2.85. The van der Waals surface area contributed by atoms with Crippen molar-refractivity contribution in [2.24, 2.45) is 11.8 Å². The Labute approximate surface area is 235 Å². The average molecular weight is 544 g/mol. The van der Waals surface area contributed by atoms with Crippen LogP contribution in [0.3, 0.4) is 0 Å². The van der Waals surface area contributed by atoms with Crippen LogP contribution >= 0.6 is 0 Å². The van der Waals surface area contributed by atoms with Crippen LogP contribution in [0.5, 0.6) is 0 Å². The van der Waals surface area contributed by atoms with Crippen molar-refractivity contribution < 1.29 is 9.59 Å². The van der Waals surface area contributed by atoms with Gasteiger partial charge in [0.05, 0.1) is 17.1 Å². The molecular formula is C32H41N5O3. The normalized spacial score (nSPS) is 34.1. The number of nitrogens with one attached hydrogen (secondary N) is 1. The SMILES string of the molecule is CC(=O)CC1C=CN(c2nc3ccccc3n(C3CC4CCCC(C3)N4C3CC4CCCC(C4)C3)c2=O)C(=O)N1. The van der Waals surface area contributed by atoms with Crippen LogP contribution in [-0.4, -0.2) is 50.4 Å². The fourth-order valence-electron chi connectivity index (χ4n) is 8.93. The standard InChI is InChI=1S/C32H41N5O3/c1-20(38)14-23-12-13-35(32(40)33-23)30-31(39)37(29-11-3-2-10-28(29)34-30)27-18-24-8-5-9-25(19-27)36(24)26-16-21-6-4-7-22(15-21)17-26/h2-3,10-13,21-27H,4-9,14-19H2,1H3,(H,33,40). The van der Waals surface area contributed by atoms with Crippen LogP contribution in [0.4, 0.5) is 10.6 Å². The number of nitrogens with zero attached hydrogens (tertiary/aromatic N) is 4. The van der Waals surface area contributed by atoms with Gasteiger partial charge >= 0.3 is 6.03 Å². The maximum atomic E-state index is 14.2. The molecule has 5 unspecified atom stereocenters. The van der Waals surface area contributed by atoms with Crippen LogP contribution in [0, 0.1) is 11.8 Å². The molecule has 8 heteroatoms. The zero-order valence-corrected chi connectivity index (χ0v) is 23.5. The highest BCUT2D eigenvalue weighted by Crippen LogP contribution is 2.47. The van der Waals surface area contributed by atoms with Gasteiger partial charge in [0.15, 0.2) is 0 Å². The Morgan fingerprint density at radius 2 is 1.60 bits per heavy atom. The van der Waals surface area contributed by atoms with E-state index in [1.54, 1.807) is 12.3 Å². The third-order valence-corrected chi connectivity index (χ3v) is 10.4. The molecule has 2 saturated heterocycles. The predicted molar refractivity (Wildman–Crippen MR) is 155 cm³/mol. The van der Waals surface area contributed by atoms with Gasteiger partial charge in [-0.1, -0.05) is 37.8 Å². The van der Waals surface area contributed by atoms with E-state index in [0.29, 0.717) is 18.1 Å². The van der Waals surface area contributed by atoms with Crippen molar-refractivity contribution in [1.82, 2.24) is 19.8 Å². The van der Waals surface area contributed by atoms with Gasteiger partial charge in [0.1, 0.15) is 5.78 Å². The fraction of sp³-hybridized carbons (Fsp3) is 0.625. The monoisotopic (exact) mass is 543 g/mol. The third-order valence-electron chi connectivity index (χ3n) is 10.4. The molecule has 4 bridgehead atoms. The molecule has 0 spiro atoms. The number of fused-ring (bicyclic) bond motifs is 5. The molecule has 3 aliphatic heterocycles. The number of hydrogen-bond acceptors (Lipinski definition) is 5. The first-order chi connectivity index (χ1) is 19.4. The van der Waals surface area contributed by atoms with E-state index >= 15 is 0 Å². The lowest BCUT2D eigenvalue weighted by molar-refractivity contribution is -0.117. The van der Waals surface area contributed by atoms with Gasteiger partial charge in [-0.05, 0) is 81.9 Å². The zero-order valence-electron chi connectivity index (χ0n) is 23.5. The van der Waals surface area contributed by atoms with Gasteiger partial charge in [-0.2, -0.15) is 0 Å². The van der Waals surface area contributed by atoms with Gasteiger partial charge in [-0.3, -0.25) is 14.5 Å². The van der Waals surface area contributed by atoms with E-state index in [-0.39, 0.29) is 35.7 Å². The van der Waals surface area contributed by atoms with Crippen molar-refractivity contribution in [3.8, 4) is 0 Å². The topological polar surface area (TPSA) is 87.5 Å². The third kappa shape index (κ3) is 4.68. The number of para-hydroxylation sites is 2. The van der Waals surface area contributed by atoms with E-state index in [1.165, 1.54) is 69.6 Å². The molecule has 5 atom stereocenters. The molecule has 40 heavy (non-hydrogen) atoms. The van der Waals surface area contributed by atoms with Crippen molar-refractivity contribution in [3.63, 3.8) is 0 Å². The number of aromatic nitrogens is 2. The van der Waals surface area contributed by atoms with E-state index in [2.05, 4.69) is 15.2 Å². The minimum absolute atomic E-state index is 0.00270. The number of ketones is 1. The summed E-state index contributed by atoms with van der Waals surface area (Å²) < 4.78 is 1.96. The van der Waals surface area contributed by atoms with Crippen LogP contribution in [-0.2, 0) is 4.79 Å². The Hall–Kier alpha value is -3.00. The summed E-state index contributed by atoms with van der Waals surface area (Å²) in [6, 6.07) is 8.83. The average Bonchev–Trinajstić information content (AvgIpc) is 2.92. The highest BCUT2D eigenvalue weighted by molar-refractivity contribution is 5.95. The number of piperidine rings is 2. The van der Waals surface area contributed by atoms with Crippen molar-refractivity contribution in [2.45, 2.75) is 114 Å². The number of hydrogen-bond donors (Lipinski definition) is 1. The van der Waals surface area contributed by atoms with Gasteiger partial charge in [-0.25, -0.2) is 14.7 Å². The van der Waals surface area contributed by atoms with E-state index in [4.69, 9.17) is 0 Å². The van der Waals surface area contributed by atoms with Crippen LogP contribution in [0.2, 0.25) is 0 Å². The van der Waals surface area contributed by atoms with Gasteiger partial charge < -0.3 is 9.88 Å². The number of urea groups is 1. The molecule has 212 valence electrons. The second-order valence-corrected chi connectivity index (χ2v) is 13.1. The Morgan fingerprint density at radius 1 is 0.900 bits per heavy atom. The number of benzene rings is 1. The molecule has 2 aromatic rings. The Kier molecular flexibility index (Phi) is 6.77. The summed E-state index contributed by atoms with van der Waals surface area (Å²) in [5.41, 5.74) is 1.35. The van der Waals surface area contributed by atoms with Gasteiger partial charge in [0.2, 0.25) is 5.82 Å². The van der Waals surface area contributed by atoms with Crippen LogP contribution in [0.1, 0.15) is 90.0 Å². The van der Waals surface area contributed by atoms with Crippen LogP contribution in [0.25, 0.3) is 11.0 Å². The molecule has 2 amide bonds. The molecule has 8 nitrogen and oxygen atoms in total. The van der Waals surface area contributed by atoms with Crippen molar-refractivity contribution in [1.29, 1.82) is 0 Å². The number of Topliss-reactive ketones (excluding diaryl/α,β-unsaturated/α-hetero) is 1. The number of rotatable bonds is 5. The molecule has 1 N–H and O–H groups in total. The molecule has 0 radical (unpaired) electrons. The minimum Gasteiger partial charge on any atom is -0.331 e. The smallest absolute Gasteiger partial charge is 0.327 e. The van der Waals surface area contributed by atoms with E-state index in [0.717, 1.165) is 35.7 Å². The predicted octanol–water partition coefficient (Wildman–Crippen LogP) is 5.31. The van der Waals surface area contributed by atoms with Crippen molar-refractivity contribution in [2.75, 3.05) is 4.90 Å². The quantitative estimate of drug-likeness (QED) is 0.552. The molecule has 2 aliphatic carbocycles. The van der Waals surface area contributed by atoms with Gasteiger partial charge in [0, 0.05) is 36.8 Å². The summed E-state index contributed by atoms with van der Waals surface area (Å²) in [7, 11) is 0. The molecule has 1 aromatic heterocycles. The lowest BCUT2D eigenvalue weighted by atomic mass is 9.68. The number of amides is 2. The highest BCUT2D eigenvalue weighted by atomic mass is 16.2. The molecule has 2 saturated carbocycles. The maximum absolute atomic E-state index is 14.2. The zero-order chi connectivity index (χ0) is 27.4. The molecule has 7 rings (SSSR count). The summed E-state index contributed by atoms with van der Waals surface area (Å²) in [4.78, 5) is 47.8. The number of carbonyl (C=O) groups is 2. The van der Waals surface area contributed by atoms with E-state index in [1.807, 2.05) is 28.8 Å². The summed E-state index contributed by atoms with van der Waals surface area (Å²) in [5.74, 6) is 1.94. The molecule has 1 aromatic carbocycles. The maximum Gasteiger partial charge on any atom is 0.327 e. The number of carbonyl (C=O) groups excluding carboxylic acids is 2. The van der Waals surface area contributed by atoms with Crippen LogP contribution < -0.4 is 15.8 Å².